The molecule has 12 rings (SSSR count). The van der Waals surface area contributed by atoms with Crippen molar-refractivity contribution in [3.8, 4) is 0 Å². The van der Waals surface area contributed by atoms with Crippen LogP contribution in [-0.2, 0) is 25.7 Å². The maximum atomic E-state index is 2.57. The molecule has 6 aromatic carbocycles. The second-order valence-electron chi connectivity index (χ2n) is 17.1. The summed E-state index contributed by atoms with van der Waals surface area (Å²) >= 11 is 0. The molecule has 0 heteroatoms. The van der Waals surface area contributed by atoms with Crippen molar-refractivity contribution < 1.29 is 0 Å². The summed E-state index contributed by atoms with van der Waals surface area (Å²) in [5.41, 5.74) is 24.0. The van der Waals surface area contributed by atoms with Gasteiger partial charge in [0.05, 0.1) is 0 Å². The number of fused-ring (bicyclic) bond motifs is 12. The number of allylic oxidation sites excluding steroid dienone is 10. The van der Waals surface area contributed by atoms with E-state index in [0.717, 1.165) is 70.6 Å². The molecule has 0 saturated heterocycles. The second kappa shape index (κ2) is 12.9. The van der Waals surface area contributed by atoms with Crippen LogP contribution in [-0.4, -0.2) is 0 Å². The fourth-order valence-electron chi connectivity index (χ4n) is 11.1. The van der Waals surface area contributed by atoms with Crippen molar-refractivity contribution in [1.82, 2.24) is 0 Å². The van der Waals surface area contributed by atoms with Crippen molar-refractivity contribution in [3.63, 3.8) is 0 Å². The molecule has 0 aromatic heterocycles. The van der Waals surface area contributed by atoms with E-state index in [0.29, 0.717) is 0 Å². The highest BCUT2D eigenvalue weighted by Crippen LogP contribution is 2.44. The monoisotopic (exact) mass is 718 g/mol. The summed E-state index contributed by atoms with van der Waals surface area (Å²) in [5, 5.41) is 8.34. The predicted octanol–water partition coefficient (Wildman–Crippen LogP) is 14.8. The quantitative estimate of drug-likeness (QED) is 0.160. The van der Waals surface area contributed by atoms with Crippen LogP contribution in [0, 0.1) is 0 Å². The van der Waals surface area contributed by atoms with Crippen molar-refractivity contribution in [2.45, 2.75) is 77.0 Å². The number of hydrogen-bond acceptors (Lipinski definition) is 0. The minimum Gasteiger partial charge on any atom is -0.0836 e. The molecule has 6 aromatic rings. The van der Waals surface area contributed by atoms with Crippen LogP contribution in [0.25, 0.3) is 67.8 Å². The first-order chi connectivity index (χ1) is 27.7. The summed E-state index contributed by atoms with van der Waals surface area (Å²) in [6, 6.07) is 33.0. The Hall–Kier alpha value is -5.72. The van der Waals surface area contributed by atoms with Gasteiger partial charge in [0.25, 0.3) is 0 Å². The maximum Gasteiger partial charge on any atom is -0.00990 e. The highest BCUT2D eigenvalue weighted by molar-refractivity contribution is 6.11. The van der Waals surface area contributed by atoms with E-state index in [1.165, 1.54) is 94.4 Å². The zero-order valence-corrected chi connectivity index (χ0v) is 32.2. The number of aryl methyl sites for hydroxylation is 2. The largest absolute Gasteiger partial charge is 0.0836 e. The van der Waals surface area contributed by atoms with Gasteiger partial charge in [0.2, 0.25) is 0 Å². The highest BCUT2D eigenvalue weighted by Gasteiger charge is 2.25. The van der Waals surface area contributed by atoms with E-state index in [2.05, 4.69) is 134 Å². The summed E-state index contributed by atoms with van der Waals surface area (Å²) < 4.78 is 0. The lowest BCUT2D eigenvalue weighted by molar-refractivity contribution is 0.855. The van der Waals surface area contributed by atoms with Crippen molar-refractivity contribution in [1.29, 1.82) is 0 Å². The van der Waals surface area contributed by atoms with Crippen LogP contribution in [0.4, 0.5) is 0 Å². The van der Waals surface area contributed by atoms with E-state index in [1.54, 1.807) is 33.4 Å². The zero-order chi connectivity index (χ0) is 36.7. The van der Waals surface area contributed by atoms with Gasteiger partial charge in [-0.2, -0.15) is 0 Å². The predicted molar refractivity (Wildman–Crippen MR) is 241 cm³/mol. The second-order valence-corrected chi connectivity index (χ2v) is 17.1. The van der Waals surface area contributed by atoms with Crippen LogP contribution in [0.2, 0.25) is 0 Å². The van der Waals surface area contributed by atoms with Crippen molar-refractivity contribution in [2.75, 3.05) is 0 Å². The van der Waals surface area contributed by atoms with Gasteiger partial charge in [-0.3, -0.25) is 0 Å². The van der Waals surface area contributed by atoms with Gasteiger partial charge < -0.3 is 0 Å². The molecule has 270 valence electrons. The molecule has 0 spiro atoms. The summed E-state index contributed by atoms with van der Waals surface area (Å²) in [6.07, 6.45) is 33.3. The van der Waals surface area contributed by atoms with Crippen LogP contribution >= 0.6 is 0 Å². The van der Waals surface area contributed by atoms with Crippen LogP contribution in [0.5, 0.6) is 0 Å². The molecular weight excluding hydrogens is 673 g/mol. The minimum atomic E-state index is 1.10. The zero-order valence-electron chi connectivity index (χ0n) is 32.2. The van der Waals surface area contributed by atoms with Crippen LogP contribution in [0.3, 0.4) is 0 Å². The molecule has 6 aliphatic carbocycles. The van der Waals surface area contributed by atoms with Gasteiger partial charge in [-0.25, -0.2) is 0 Å². The summed E-state index contributed by atoms with van der Waals surface area (Å²) in [4.78, 5) is 0. The van der Waals surface area contributed by atoms with Crippen LogP contribution in [0.15, 0.2) is 132 Å². The van der Waals surface area contributed by atoms with Crippen molar-refractivity contribution in [3.05, 3.63) is 187 Å². The molecule has 0 aliphatic heterocycles. The molecule has 0 saturated carbocycles. The van der Waals surface area contributed by atoms with Gasteiger partial charge in [-0.1, -0.05) is 127 Å². The fraction of sp³-hybridized carbons (Fsp3) is 0.214. The maximum absolute atomic E-state index is 2.57. The Bertz CT molecular complexity index is 2940. The average Bonchev–Trinajstić information content (AvgIpc) is 3.27. The van der Waals surface area contributed by atoms with E-state index in [-0.39, 0.29) is 0 Å². The molecule has 0 radical (unpaired) electrons. The molecule has 56 heavy (non-hydrogen) atoms. The van der Waals surface area contributed by atoms with Gasteiger partial charge in [-0.15, -0.1) is 0 Å². The van der Waals surface area contributed by atoms with E-state index in [9.17, 15) is 0 Å². The molecule has 0 atom stereocenters. The molecule has 0 heterocycles. The van der Waals surface area contributed by atoms with Crippen molar-refractivity contribution >= 4 is 67.8 Å². The molecule has 0 fully saturated rings. The topological polar surface area (TPSA) is 0 Å². The first-order valence-corrected chi connectivity index (χ1v) is 21.3. The SMILES string of the molecule is C1=Cc2c(ccc3c2ccc2ccc(C4=CC5=C(C=C(c6ccc7c(c6)CCC(C6=Cc8c(c9c(c%10ccccc8%10)C=CCC9)CC6)=C7)CC5)CC4)cc23)CC1. The Kier molecular flexibility index (Phi) is 7.50. The third kappa shape index (κ3) is 5.26. The van der Waals surface area contributed by atoms with E-state index in [4.69, 9.17) is 0 Å². The molecule has 6 aliphatic rings. The first kappa shape index (κ1) is 32.5. The molecular formula is C56H46. The lowest BCUT2D eigenvalue weighted by Gasteiger charge is -2.28. The minimum absolute atomic E-state index is 1.10. The van der Waals surface area contributed by atoms with Gasteiger partial charge >= 0.3 is 0 Å². The Morgan fingerprint density at radius 3 is 1.86 bits per heavy atom. The van der Waals surface area contributed by atoms with E-state index >= 15 is 0 Å². The van der Waals surface area contributed by atoms with Gasteiger partial charge in [0, 0.05) is 0 Å². The number of rotatable bonds is 3. The third-order valence-corrected chi connectivity index (χ3v) is 14.1. The lowest BCUT2D eigenvalue weighted by Crippen LogP contribution is -2.11. The summed E-state index contributed by atoms with van der Waals surface area (Å²) in [7, 11) is 0. The Labute approximate surface area is 330 Å². The Morgan fingerprint density at radius 1 is 0.357 bits per heavy atom. The molecule has 0 unspecified atom stereocenters. The number of benzene rings is 6. The fourth-order valence-corrected chi connectivity index (χ4v) is 11.1. The van der Waals surface area contributed by atoms with Gasteiger partial charge in [0.15, 0.2) is 0 Å². The molecule has 0 N–H and O–H groups in total. The smallest absolute Gasteiger partial charge is 0.00990 e. The first-order valence-electron chi connectivity index (χ1n) is 21.3. The van der Waals surface area contributed by atoms with E-state index < -0.39 is 0 Å². The van der Waals surface area contributed by atoms with Gasteiger partial charge in [-0.05, 0) is 205 Å². The van der Waals surface area contributed by atoms with E-state index in [1.807, 2.05) is 0 Å². The molecule has 0 nitrogen and oxygen atoms in total. The van der Waals surface area contributed by atoms with Crippen molar-refractivity contribution in [2.24, 2.45) is 0 Å². The normalized spacial score (nSPS) is 18.4. The summed E-state index contributed by atoms with van der Waals surface area (Å²) in [6.45, 7) is 0. The molecule has 0 bridgehead atoms. The van der Waals surface area contributed by atoms with Crippen LogP contribution in [0.1, 0.15) is 107 Å². The Morgan fingerprint density at radius 2 is 1.00 bits per heavy atom. The Balaban J connectivity index is 0.825. The third-order valence-electron chi connectivity index (χ3n) is 14.1. The lowest BCUT2D eigenvalue weighted by atomic mass is 9.77. The summed E-state index contributed by atoms with van der Waals surface area (Å²) in [5.74, 6) is 0. The van der Waals surface area contributed by atoms with Crippen LogP contribution < -0.4 is 0 Å². The average molecular weight is 719 g/mol. The molecule has 0 amide bonds. The van der Waals surface area contributed by atoms with Gasteiger partial charge in [0.1, 0.15) is 0 Å². The standard InChI is InChI=1S/C56H46/c1-2-8-47-35(7-1)23-27-53-52(47)26-24-36-13-14-45(33-55(36)53)43-21-19-39-29-37(15-17-41(39)31-43)38-16-18-42-32-44(22-20-40(42)30-38)46-25-28-54-50-11-4-3-9-48(50)49-10-5-6-12-51(49)56(54)34-46/h2-3,5-6,8-10,12-14,16,18,23-24,26-27,29-34H,1,4,7,11,15,17,19-22,25,28H2. The number of hydrogen-bond donors (Lipinski definition) is 0. The highest BCUT2D eigenvalue weighted by atomic mass is 14.3.